The fourth-order valence-electron chi connectivity index (χ4n) is 8.86. The number of H-pyrrole nitrogens is 1. The highest BCUT2D eigenvalue weighted by atomic mass is 19.1. The van der Waals surface area contributed by atoms with E-state index in [9.17, 15) is 32.8 Å². The Kier molecular flexibility index (Phi) is 15.4. The first-order chi connectivity index (χ1) is 32.5. The molecule has 8 rings (SSSR count). The van der Waals surface area contributed by atoms with Gasteiger partial charge in [-0.15, -0.1) is 0 Å². The van der Waals surface area contributed by atoms with Gasteiger partial charge in [0.2, 0.25) is 17.7 Å². The van der Waals surface area contributed by atoms with Crippen molar-refractivity contribution in [3.8, 4) is 0 Å². The second-order valence-electron chi connectivity index (χ2n) is 17.5. The smallest absolute Gasteiger partial charge is 0.259 e. The maximum atomic E-state index is 14.0. The zero-order valence-corrected chi connectivity index (χ0v) is 37.4. The molecule has 3 fully saturated rings. The number of nitrogens with one attached hydrogen (secondary N) is 6. The van der Waals surface area contributed by atoms with Gasteiger partial charge in [0.15, 0.2) is 5.82 Å². The van der Waals surface area contributed by atoms with E-state index in [2.05, 4.69) is 41.7 Å². The van der Waals surface area contributed by atoms with Crippen molar-refractivity contribution >= 4 is 63.3 Å². The first kappa shape index (κ1) is 46.6. The van der Waals surface area contributed by atoms with Crippen LogP contribution in [0.15, 0.2) is 78.9 Å². The average molecular weight is 918 g/mol. The van der Waals surface area contributed by atoms with Gasteiger partial charge in [0.25, 0.3) is 11.8 Å². The van der Waals surface area contributed by atoms with Crippen LogP contribution in [0.3, 0.4) is 0 Å². The Morgan fingerprint density at radius 2 is 1.51 bits per heavy atom. The topological polar surface area (TPSA) is 190 Å². The van der Waals surface area contributed by atoms with Crippen molar-refractivity contribution in [1.82, 2.24) is 25.7 Å². The van der Waals surface area contributed by atoms with Gasteiger partial charge in [-0.3, -0.25) is 34.4 Å². The number of anilines is 4. The summed E-state index contributed by atoms with van der Waals surface area (Å²) >= 11 is 0. The third-order valence-corrected chi connectivity index (χ3v) is 12.6. The number of fused-ring (bicyclic) bond motifs is 1. The molecule has 1 atom stereocenters. The van der Waals surface area contributed by atoms with Gasteiger partial charge in [0, 0.05) is 98.9 Å². The molecule has 352 valence electrons. The number of ether oxygens (including phenoxy) is 1. The van der Waals surface area contributed by atoms with Crippen molar-refractivity contribution in [2.24, 2.45) is 0 Å². The quantitative estimate of drug-likeness (QED) is 0.0398. The molecule has 4 aromatic carbocycles. The van der Waals surface area contributed by atoms with E-state index >= 15 is 0 Å². The minimum atomic E-state index is -0.653. The number of piperazine rings is 1. The number of nitrogens with zero attached hydrogens (tertiary/aromatic N) is 3. The Balaban J connectivity index is 0.769. The first-order valence-electron chi connectivity index (χ1n) is 23.3. The Labute approximate surface area is 387 Å². The molecule has 4 heterocycles. The largest absolute Gasteiger partial charge is 0.381 e. The van der Waals surface area contributed by atoms with E-state index in [0.29, 0.717) is 79.8 Å². The van der Waals surface area contributed by atoms with E-state index in [1.165, 1.54) is 12.1 Å². The van der Waals surface area contributed by atoms with Crippen LogP contribution in [0.2, 0.25) is 0 Å². The number of aromatic amines is 1. The molecule has 3 saturated heterocycles. The van der Waals surface area contributed by atoms with E-state index in [1.807, 2.05) is 41.3 Å². The number of piperidine rings is 1. The lowest BCUT2D eigenvalue weighted by atomic mass is 10.0. The highest BCUT2D eigenvalue weighted by molar-refractivity contribution is 6.12. The molecule has 0 aliphatic carbocycles. The summed E-state index contributed by atoms with van der Waals surface area (Å²) in [6, 6.07) is 21.5. The van der Waals surface area contributed by atoms with Crippen LogP contribution in [0, 0.1) is 11.6 Å². The fourth-order valence-corrected chi connectivity index (χ4v) is 8.86. The summed E-state index contributed by atoms with van der Waals surface area (Å²) in [5.74, 6) is -2.15. The maximum absolute atomic E-state index is 14.0. The van der Waals surface area contributed by atoms with E-state index < -0.39 is 23.6 Å². The van der Waals surface area contributed by atoms with E-state index in [1.54, 1.807) is 24.3 Å². The minimum absolute atomic E-state index is 0.0891. The molecule has 3 aliphatic rings. The van der Waals surface area contributed by atoms with E-state index in [0.717, 1.165) is 81.0 Å². The fraction of sp³-hybridized carbons (Fsp3) is 0.400. The van der Waals surface area contributed by atoms with Crippen LogP contribution in [0.4, 0.5) is 31.7 Å². The molecule has 5 aromatic rings. The van der Waals surface area contributed by atoms with Crippen LogP contribution in [-0.4, -0.2) is 103 Å². The lowest BCUT2D eigenvalue weighted by Crippen LogP contribution is -2.48. The molecule has 0 radical (unpaired) electrons. The second kappa shape index (κ2) is 22.1. The normalized spacial score (nSPS) is 16.7. The zero-order chi connectivity index (χ0) is 46.7. The lowest BCUT2D eigenvalue weighted by molar-refractivity contribution is -0.134. The average Bonchev–Trinajstić information content (AvgIpc) is 3.72. The van der Waals surface area contributed by atoms with E-state index in [-0.39, 0.29) is 47.5 Å². The van der Waals surface area contributed by atoms with Crippen molar-refractivity contribution < 1.29 is 37.5 Å². The molecule has 1 unspecified atom stereocenters. The molecular formula is C50H57F2N9O6. The molecule has 0 spiro atoms. The Hall–Kier alpha value is -6.88. The van der Waals surface area contributed by atoms with Crippen molar-refractivity contribution in [3.63, 3.8) is 0 Å². The molecule has 6 N–H and O–H groups in total. The van der Waals surface area contributed by atoms with Gasteiger partial charge < -0.3 is 35.8 Å². The standard InChI is InChI=1S/C50H57F2N9O6/c51-35-27-33(28-36(52)31-35)26-32-7-13-43-40(29-32)47(59-58-43)57-49(65)41-30-34(8-14-42(41)54-38-17-24-67-25-18-38)48(64)53-19-5-3-1-2-4-6-46(63)61-22-20-60(21-23-61)39-11-9-37(10-12-39)55-44-15-16-45(62)56-50(44)66/h7-14,27-31,38,44,54-55H,1-6,15-26H2,(H,53,64)(H,56,62,66)(H2,57,58,59,65). The molecule has 67 heavy (non-hydrogen) atoms. The predicted octanol–water partition coefficient (Wildman–Crippen LogP) is 6.91. The number of carbonyl (C=O) groups excluding carboxylic acids is 5. The molecule has 17 heteroatoms. The summed E-state index contributed by atoms with van der Waals surface area (Å²) in [5.41, 5.74) is 5.00. The zero-order valence-electron chi connectivity index (χ0n) is 37.4. The number of carbonyl (C=O) groups is 5. The van der Waals surface area contributed by atoms with Crippen LogP contribution >= 0.6 is 0 Å². The molecular weight excluding hydrogens is 861 g/mol. The summed E-state index contributed by atoms with van der Waals surface area (Å²) in [6.07, 6.45) is 7.43. The summed E-state index contributed by atoms with van der Waals surface area (Å²) < 4.78 is 33.3. The Bertz CT molecular complexity index is 2550. The van der Waals surface area contributed by atoms with Crippen molar-refractivity contribution in [1.29, 1.82) is 0 Å². The number of hydrogen-bond acceptors (Lipinski definition) is 10. The molecule has 1 aromatic heterocycles. The maximum Gasteiger partial charge on any atom is 0.259 e. The summed E-state index contributed by atoms with van der Waals surface area (Å²) in [6.45, 7) is 4.46. The molecule has 15 nitrogen and oxygen atoms in total. The monoisotopic (exact) mass is 917 g/mol. The third-order valence-electron chi connectivity index (χ3n) is 12.6. The Morgan fingerprint density at radius 3 is 2.27 bits per heavy atom. The summed E-state index contributed by atoms with van der Waals surface area (Å²) in [5, 5.41) is 22.9. The van der Waals surface area contributed by atoms with Gasteiger partial charge in [-0.25, -0.2) is 8.78 Å². The molecule has 0 saturated carbocycles. The minimum Gasteiger partial charge on any atom is -0.381 e. The summed E-state index contributed by atoms with van der Waals surface area (Å²) in [7, 11) is 0. The number of unbranched alkanes of at least 4 members (excludes halogenated alkanes) is 4. The second-order valence-corrected chi connectivity index (χ2v) is 17.5. The van der Waals surface area contributed by atoms with Crippen molar-refractivity contribution in [3.05, 3.63) is 113 Å². The third kappa shape index (κ3) is 12.5. The summed E-state index contributed by atoms with van der Waals surface area (Å²) in [4.78, 5) is 68.1. The molecule has 5 amide bonds. The lowest BCUT2D eigenvalue weighted by Gasteiger charge is -2.36. The SMILES string of the molecule is O=C1CCC(Nc2ccc(N3CCN(C(=O)CCCCCCCNC(=O)c4ccc(NC5CCOCC5)c(C(=O)Nc5n[nH]c6ccc(Cc7cc(F)cc(F)c7)cc56)c4)CC3)cc2)C(=O)N1. The van der Waals surface area contributed by atoms with Crippen molar-refractivity contribution in [2.45, 2.75) is 82.7 Å². The molecule has 3 aliphatic heterocycles. The highest BCUT2D eigenvalue weighted by Crippen LogP contribution is 2.28. The number of rotatable bonds is 18. The highest BCUT2D eigenvalue weighted by Gasteiger charge is 2.27. The van der Waals surface area contributed by atoms with Crippen LogP contribution in [-0.2, 0) is 25.5 Å². The number of halogens is 2. The van der Waals surface area contributed by atoms with Gasteiger partial charge in [0.05, 0.1) is 11.1 Å². The number of amides is 5. The van der Waals surface area contributed by atoms with E-state index in [4.69, 9.17) is 4.74 Å². The van der Waals surface area contributed by atoms with Crippen LogP contribution < -0.4 is 31.5 Å². The number of aromatic nitrogens is 2. The van der Waals surface area contributed by atoms with Crippen LogP contribution in [0.1, 0.15) is 96.1 Å². The number of benzene rings is 4. The predicted molar refractivity (Wildman–Crippen MR) is 252 cm³/mol. The van der Waals surface area contributed by atoms with Gasteiger partial charge in [-0.1, -0.05) is 25.3 Å². The first-order valence-corrected chi connectivity index (χ1v) is 23.3. The Morgan fingerprint density at radius 1 is 0.761 bits per heavy atom. The number of imide groups is 1. The van der Waals surface area contributed by atoms with Crippen LogP contribution in [0.5, 0.6) is 0 Å². The van der Waals surface area contributed by atoms with Gasteiger partial charge >= 0.3 is 0 Å². The van der Waals surface area contributed by atoms with Crippen LogP contribution in [0.25, 0.3) is 10.9 Å². The van der Waals surface area contributed by atoms with Crippen molar-refractivity contribution in [2.75, 3.05) is 66.8 Å². The van der Waals surface area contributed by atoms with Gasteiger partial charge in [-0.05, 0) is 116 Å². The van der Waals surface area contributed by atoms with Gasteiger partial charge in [0.1, 0.15) is 17.7 Å². The number of hydrogen-bond donors (Lipinski definition) is 6. The van der Waals surface area contributed by atoms with Gasteiger partial charge in [-0.2, -0.15) is 5.10 Å². The molecule has 0 bridgehead atoms.